The van der Waals surface area contributed by atoms with Gasteiger partial charge in [0, 0.05) is 57.1 Å². The summed E-state index contributed by atoms with van der Waals surface area (Å²) in [5.41, 5.74) is 13.5. The van der Waals surface area contributed by atoms with Crippen LogP contribution < -0.4 is 16.1 Å². The van der Waals surface area contributed by atoms with Crippen LogP contribution in [0.5, 0.6) is 0 Å². The van der Waals surface area contributed by atoms with Crippen molar-refractivity contribution in [1.29, 1.82) is 10.8 Å². The molecule has 0 aliphatic carbocycles. The van der Waals surface area contributed by atoms with Gasteiger partial charge in [0.25, 0.3) is 0 Å². The van der Waals surface area contributed by atoms with E-state index in [0.29, 0.717) is 50.7 Å². The average molecular weight is 623 g/mol. The summed E-state index contributed by atoms with van der Waals surface area (Å²) in [6.07, 6.45) is 7.05. The van der Waals surface area contributed by atoms with E-state index in [9.17, 15) is 9.59 Å². The number of amides is 2. The number of nitrogens with zero attached hydrogens (tertiary/aromatic N) is 6. The van der Waals surface area contributed by atoms with Crippen LogP contribution in [0.15, 0.2) is 63.6 Å². The first-order valence-electron chi connectivity index (χ1n) is 15.5. The number of benzene rings is 2. The zero-order chi connectivity index (χ0) is 32.8. The van der Waals surface area contributed by atoms with E-state index in [1.807, 2.05) is 54.3 Å². The number of hydrazone groups is 1. The van der Waals surface area contributed by atoms with Crippen LogP contribution in [-0.2, 0) is 9.59 Å². The van der Waals surface area contributed by atoms with E-state index >= 15 is 0 Å². The molecule has 1 spiro atoms. The predicted octanol–water partition coefficient (Wildman–Crippen LogP) is 2.70. The topological polar surface area (TPSA) is 167 Å². The highest BCUT2D eigenvalue weighted by Gasteiger charge is 2.51. The summed E-state index contributed by atoms with van der Waals surface area (Å²) in [6.45, 7) is 5.25. The number of carbonyl (C=O) groups is 2. The van der Waals surface area contributed by atoms with Crippen LogP contribution >= 0.6 is 0 Å². The Morgan fingerprint density at radius 1 is 1.11 bits per heavy atom. The third-order valence-electron chi connectivity index (χ3n) is 9.12. The monoisotopic (exact) mass is 622 g/mol. The van der Waals surface area contributed by atoms with Gasteiger partial charge < -0.3 is 21.0 Å². The molecule has 1 atom stereocenters. The van der Waals surface area contributed by atoms with Gasteiger partial charge in [0.15, 0.2) is 0 Å². The summed E-state index contributed by atoms with van der Waals surface area (Å²) >= 11 is 0. The van der Waals surface area contributed by atoms with Crippen molar-refractivity contribution in [1.82, 2.24) is 15.2 Å². The lowest BCUT2D eigenvalue weighted by Crippen LogP contribution is -2.43. The Kier molecular flexibility index (Phi) is 9.86. The number of hydrogen-bond acceptors (Lipinski definition) is 8. The van der Waals surface area contributed by atoms with Gasteiger partial charge in [0.05, 0.1) is 29.6 Å². The minimum absolute atomic E-state index is 0.0145. The lowest BCUT2D eigenvalue weighted by atomic mass is 9.85. The van der Waals surface area contributed by atoms with Crippen molar-refractivity contribution in [2.45, 2.75) is 26.2 Å². The fraction of sp³-hybridized carbons (Fsp3) is 0.382. The van der Waals surface area contributed by atoms with Crippen molar-refractivity contribution < 1.29 is 9.59 Å². The SMILES string of the molecule is CN=CN=C(N)c1ccc(C2=CCN(C(=O)CN3CC[C@]4(CCN(c5ccc(C)c(C(=N)C(=N)/C=N\NC)c5)C4=O)C3)CC2)cc1. The smallest absolute Gasteiger partial charge is 0.237 e. The van der Waals surface area contributed by atoms with Crippen molar-refractivity contribution in [3.63, 3.8) is 0 Å². The summed E-state index contributed by atoms with van der Waals surface area (Å²) in [5, 5.41) is 20.5. The number of nitrogens with one attached hydrogen (secondary N) is 3. The van der Waals surface area contributed by atoms with Crippen LogP contribution in [0.1, 0.15) is 41.5 Å². The van der Waals surface area contributed by atoms with Crippen LogP contribution in [0.4, 0.5) is 5.69 Å². The predicted molar refractivity (Wildman–Crippen MR) is 185 cm³/mol. The quantitative estimate of drug-likeness (QED) is 0.181. The molecule has 12 nitrogen and oxygen atoms in total. The van der Waals surface area contributed by atoms with Gasteiger partial charge in [-0.2, -0.15) is 5.10 Å². The molecule has 3 heterocycles. The zero-order valence-corrected chi connectivity index (χ0v) is 26.7. The number of aryl methyl sites for hydroxylation is 1. The first kappa shape index (κ1) is 32.4. The summed E-state index contributed by atoms with van der Waals surface area (Å²) in [6, 6.07) is 13.6. The highest BCUT2D eigenvalue weighted by atomic mass is 16.2. The van der Waals surface area contributed by atoms with E-state index in [0.717, 1.165) is 41.6 Å². The Labute approximate surface area is 269 Å². The Morgan fingerprint density at radius 3 is 2.57 bits per heavy atom. The van der Waals surface area contributed by atoms with Crippen LogP contribution in [0, 0.1) is 23.2 Å². The normalized spacial score (nSPS) is 20.7. The van der Waals surface area contributed by atoms with Crippen molar-refractivity contribution in [2.75, 3.05) is 58.3 Å². The highest BCUT2D eigenvalue weighted by molar-refractivity contribution is 6.64. The van der Waals surface area contributed by atoms with Gasteiger partial charge in [0.1, 0.15) is 12.2 Å². The third-order valence-corrected chi connectivity index (χ3v) is 9.12. The molecule has 2 saturated heterocycles. The molecule has 46 heavy (non-hydrogen) atoms. The van der Waals surface area contributed by atoms with E-state index in [-0.39, 0.29) is 23.2 Å². The van der Waals surface area contributed by atoms with Gasteiger partial charge >= 0.3 is 0 Å². The Morgan fingerprint density at radius 2 is 1.87 bits per heavy atom. The second kappa shape index (κ2) is 14.0. The molecule has 2 amide bonds. The van der Waals surface area contributed by atoms with Gasteiger partial charge in [-0.1, -0.05) is 36.4 Å². The standard InChI is InChI=1S/C34H42N10O2/c1-23-4-9-27(18-28(23)31(36)29(35)19-41-39-3)44-17-13-34(33(44)46)12-16-42(21-34)20-30(45)43-14-10-25(11-15-43)24-5-7-26(8-6-24)32(37)40-22-38-2/h4-10,18-19,22,35-36,39H,11-17,20-21H2,1-3H3,(H2,37,38,40)/b35-29?,36-31?,41-19-/t34-/m0/s1. The molecule has 5 N–H and O–H groups in total. The van der Waals surface area contributed by atoms with Crippen LogP contribution in [0.2, 0.25) is 0 Å². The highest BCUT2D eigenvalue weighted by Crippen LogP contribution is 2.42. The second-order valence-corrected chi connectivity index (χ2v) is 12.0. The molecule has 0 bridgehead atoms. The van der Waals surface area contributed by atoms with Crippen molar-refractivity contribution in [3.8, 4) is 0 Å². The molecule has 12 heteroatoms. The van der Waals surface area contributed by atoms with Gasteiger partial charge in [-0.25, -0.2) is 4.99 Å². The molecule has 0 aromatic heterocycles. The number of carbonyl (C=O) groups excluding carboxylic acids is 2. The molecular weight excluding hydrogens is 580 g/mol. The fourth-order valence-corrected chi connectivity index (χ4v) is 6.42. The summed E-state index contributed by atoms with van der Waals surface area (Å²) < 4.78 is 0. The molecule has 0 unspecified atom stereocenters. The number of likely N-dealkylation sites (tertiary alicyclic amines) is 1. The maximum atomic E-state index is 13.8. The minimum atomic E-state index is -0.510. The number of anilines is 1. The number of rotatable bonds is 10. The number of amidine groups is 1. The molecule has 0 radical (unpaired) electrons. The van der Waals surface area contributed by atoms with E-state index in [2.05, 4.69) is 31.5 Å². The number of hydrogen-bond donors (Lipinski definition) is 4. The Hall–Kier alpha value is -4.97. The van der Waals surface area contributed by atoms with Gasteiger partial charge in [0.2, 0.25) is 11.8 Å². The summed E-state index contributed by atoms with van der Waals surface area (Å²) in [7, 11) is 3.28. The molecule has 5 rings (SSSR count). The molecule has 2 fully saturated rings. The molecule has 3 aliphatic heterocycles. The van der Waals surface area contributed by atoms with Crippen LogP contribution in [-0.4, -0.2) is 105 Å². The molecule has 2 aromatic rings. The second-order valence-electron chi connectivity index (χ2n) is 12.0. The zero-order valence-electron chi connectivity index (χ0n) is 26.7. The average Bonchev–Trinajstić information content (AvgIpc) is 3.64. The number of nitrogens with two attached hydrogens (primary N) is 1. The van der Waals surface area contributed by atoms with E-state index < -0.39 is 5.41 Å². The first-order chi connectivity index (χ1) is 22.2. The number of aliphatic imine (C=N–C) groups is 2. The van der Waals surface area contributed by atoms with Crippen LogP contribution in [0.25, 0.3) is 5.57 Å². The first-order valence-corrected chi connectivity index (χ1v) is 15.5. The lowest BCUT2D eigenvalue weighted by molar-refractivity contribution is -0.132. The Balaban J connectivity index is 1.17. The lowest BCUT2D eigenvalue weighted by Gasteiger charge is -2.29. The van der Waals surface area contributed by atoms with E-state index in [1.165, 1.54) is 18.1 Å². The third kappa shape index (κ3) is 6.81. The Bertz CT molecular complexity index is 1640. The summed E-state index contributed by atoms with van der Waals surface area (Å²) in [4.78, 5) is 40.9. The van der Waals surface area contributed by atoms with Crippen molar-refractivity contribution >= 4 is 52.9 Å². The molecule has 0 saturated carbocycles. The van der Waals surface area contributed by atoms with Gasteiger partial charge in [-0.3, -0.25) is 30.3 Å². The largest absolute Gasteiger partial charge is 0.383 e. The van der Waals surface area contributed by atoms with E-state index in [4.69, 9.17) is 16.6 Å². The maximum Gasteiger partial charge on any atom is 0.237 e. The van der Waals surface area contributed by atoms with Crippen molar-refractivity contribution in [2.24, 2.45) is 26.2 Å². The molecule has 240 valence electrons. The van der Waals surface area contributed by atoms with Gasteiger partial charge in [-0.15, -0.1) is 0 Å². The molecule has 3 aliphatic rings. The summed E-state index contributed by atoms with van der Waals surface area (Å²) in [5.74, 6) is 0.563. The minimum Gasteiger partial charge on any atom is -0.383 e. The van der Waals surface area contributed by atoms with Gasteiger partial charge in [-0.05, 0) is 61.6 Å². The maximum absolute atomic E-state index is 13.8. The van der Waals surface area contributed by atoms with E-state index in [1.54, 1.807) is 19.0 Å². The molecular formula is C34H42N10O2. The van der Waals surface area contributed by atoms with Crippen molar-refractivity contribution in [3.05, 3.63) is 70.8 Å². The van der Waals surface area contributed by atoms with Crippen LogP contribution in [0.3, 0.4) is 0 Å². The fourth-order valence-electron chi connectivity index (χ4n) is 6.42. The molecule has 2 aromatic carbocycles.